The fraction of sp³-hybridized carbons (Fsp3) is 0.312. The number of carbonyl (C=O) groups excluding carboxylic acids is 1. The van der Waals surface area contributed by atoms with Crippen LogP contribution in [0.15, 0.2) is 36.4 Å². The highest BCUT2D eigenvalue weighted by atomic mass is 16.2. The summed E-state index contributed by atoms with van der Waals surface area (Å²) in [4.78, 5) is 16.6. The van der Waals surface area contributed by atoms with Gasteiger partial charge in [-0.15, -0.1) is 0 Å². The Morgan fingerprint density at radius 1 is 1.16 bits per heavy atom. The average Bonchev–Trinajstić information content (AvgIpc) is 2.41. The maximum atomic E-state index is 12.5. The van der Waals surface area contributed by atoms with Gasteiger partial charge in [0.2, 0.25) is 0 Å². The van der Waals surface area contributed by atoms with Gasteiger partial charge in [-0.3, -0.25) is 4.79 Å². The Bertz CT molecular complexity index is 628. The molecule has 1 aliphatic heterocycles. The van der Waals surface area contributed by atoms with Gasteiger partial charge in [0.25, 0.3) is 5.91 Å². The standard InChI is InChI=1S/C16H18N2O/c1-17(2)9-10-18-11-13-7-3-5-12-6-4-8-14(15(12)13)16(18)19/h3-8H,9-11H2,1-2H3. The van der Waals surface area contributed by atoms with Gasteiger partial charge < -0.3 is 9.80 Å². The molecule has 0 spiro atoms. The van der Waals surface area contributed by atoms with Gasteiger partial charge in [-0.2, -0.15) is 0 Å². The number of hydrogen-bond acceptors (Lipinski definition) is 2. The normalized spacial score (nSPS) is 14.5. The van der Waals surface area contributed by atoms with Crippen molar-refractivity contribution in [3.63, 3.8) is 0 Å². The number of amides is 1. The summed E-state index contributed by atoms with van der Waals surface area (Å²) >= 11 is 0. The summed E-state index contributed by atoms with van der Waals surface area (Å²) in [6, 6.07) is 12.3. The van der Waals surface area contributed by atoms with Crippen molar-refractivity contribution in [2.24, 2.45) is 0 Å². The van der Waals surface area contributed by atoms with Gasteiger partial charge >= 0.3 is 0 Å². The van der Waals surface area contributed by atoms with Crippen LogP contribution in [0.1, 0.15) is 15.9 Å². The van der Waals surface area contributed by atoms with Crippen molar-refractivity contribution in [1.29, 1.82) is 0 Å². The Kier molecular flexibility index (Phi) is 2.99. The fourth-order valence-corrected chi connectivity index (χ4v) is 2.68. The van der Waals surface area contributed by atoms with Crippen molar-refractivity contribution in [1.82, 2.24) is 9.80 Å². The van der Waals surface area contributed by atoms with E-state index in [9.17, 15) is 4.79 Å². The maximum Gasteiger partial charge on any atom is 0.254 e. The first-order valence-electron chi connectivity index (χ1n) is 6.61. The summed E-state index contributed by atoms with van der Waals surface area (Å²) in [6.07, 6.45) is 0. The van der Waals surface area contributed by atoms with Gasteiger partial charge in [-0.25, -0.2) is 0 Å². The summed E-state index contributed by atoms with van der Waals surface area (Å²) in [5.41, 5.74) is 2.10. The van der Waals surface area contributed by atoms with Crippen molar-refractivity contribution in [2.75, 3.05) is 27.2 Å². The lowest BCUT2D eigenvalue weighted by atomic mass is 9.95. The Hall–Kier alpha value is -1.87. The van der Waals surface area contributed by atoms with Gasteiger partial charge in [-0.1, -0.05) is 30.3 Å². The van der Waals surface area contributed by atoms with Crippen molar-refractivity contribution < 1.29 is 4.79 Å². The molecule has 1 heterocycles. The number of nitrogens with zero attached hydrogens (tertiary/aromatic N) is 2. The number of carbonyl (C=O) groups is 1. The predicted octanol–water partition coefficient (Wildman–Crippen LogP) is 2.36. The Balaban J connectivity index is 2.01. The molecule has 0 aliphatic carbocycles. The van der Waals surface area contributed by atoms with Crippen LogP contribution in [0, 0.1) is 0 Å². The van der Waals surface area contributed by atoms with Gasteiger partial charge in [0.05, 0.1) is 0 Å². The molecule has 19 heavy (non-hydrogen) atoms. The van der Waals surface area contributed by atoms with Gasteiger partial charge in [0.1, 0.15) is 0 Å². The monoisotopic (exact) mass is 254 g/mol. The van der Waals surface area contributed by atoms with Crippen molar-refractivity contribution in [3.8, 4) is 0 Å². The third-order valence-corrected chi connectivity index (χ3v) is 3.69. The molecule has 0 bridgehead atoms. The molecule has 0 N–H and O–H groups in total. The zero-order valence-corrected chi connectivity index (χ0v) is 11.4. The number of likely N-dealkylation sites (N-methyl/N-ethyl adjacent to an activating group) is 1. The quantitative estimate of drug-likeness (QED) is 0.839. The lowest BCUT2D eigenvalue weighted by Crippen LogP contribution is -2.38. The molecule has 2 aromatic carbocycles. The minimum absolute atomic E-state index is 0.158. The number of hydrogen-bond donors (Lipinski definition) is 0. The first-order chi connectivity index (χ1) is 9.16. The van der Waals surface area contributed by atoms with Gasteiger partial charge in [-0.05, 0) is 36.5 Å². The van der Waals surface area contributed by atoms with E-state index in [0.717, 1.165) is 36.0 Å². The summed E-state index contributed by atoms with van der Waals surface area (Å²) in [7, 11) is 4.06. The lowest BCUT2D eigenvalue weighted by molar-refractivity contribution is 0.0727. The third kappa shape index (κ3) is 2.10. The van der Waals surface area contributed by atoms with E-state index in [1.807, 2.05) is 31.1 Å². The van der Waals surface area contributed by atoms with E-state index in [4.69, 9.17) is 0 Å². The molecular formula is C16H18N2O. The van der Waals surface area contributed by atoms with Crippen LogP contribution in [-0.2, 0) is 6.54 Å². The molecule has 0 saturated heterocycles. The Labute approximate surface area is 113 Å². The molecule has 2 aromatic rings. The number of rotatable bonds is 3. The van der Waals surface area contributed by atoms with E-state index >= 15 is 0 Å². The highest BCUT2D eigenvalue weighted by Crippen LogP contribution is 2.29. The molecule has 0 fully saturated rings. The highest BCUT2D eigenvalue weighted by molar-refractivity contribution is 6.09. The van der Waals surface area contributed by atoms with Crippen LogP contribution < -0.4 is 0 Å². The molecule has 3 nitrogen and oxygen atoms in total. The second-order valence-electron chi connectivity index (χ2n) is 5.35. The molecule has 0 unspecified atom stereocenters. The molecule has 0 saturated carbocycles. The molecule has 0 atom stereocenters. The van der Waals surface area contributed by atoms with Gasteiger partial charge in [0.15, 0.2) is 0 Å². The molecule has 0 aromatic heterocycles. The minimum atomic E-state index is 0.158. The first kappa shape index (κ1) is 12.2. The van der Waals surface area contributed by atoms with Crippen LogP contribution in [0.2, 0.25) is 0 Å². The molecule has 1 aliphatic rings. The lowest BCUT2D eigenvalue weighted by Gasteiger charge is -2.29. The maximum absolute atomic E-state index is 12.5. The van der Waals surface area contributed by atoms with Crippen LogP contribution in [0.3, 0.4) is 0 Å². The van der Waals surface area contributed by atoms with E-state index in [0.29, 0.717) is 0 Å². The smallest absolute Gasteiger partial charge is 0.254 e. The first-order valence-corrected chi connectivity index (χ1v) is 6.61. The summed E-state index contributed by atoms with van der Waals surface area (Å²) < 4.78 is 0. The largest absolute Gasteiger partial charge is 0.333 e. The van der Waals surface area contributed by atoms with Crippen LogP contribution in [-0.4, -0.2) is 42.9 Å². The molecule has 3 heteroatoms. The predicted molar refractivity (Wildman–Crippen MR) is 77.2 cm³/mol. The molecular weight excluding hydrogens is 236 g/mol. The van der Waals surface area contributed by atoms with E-state index in [1.54, 1.807) is 0 Å². The zero-order chi connectivity index (χ0) is 13.4. The molecule has 0 radical (unpaired) electrons. The zero-order valence-electron chi connectivity index (χ0n) is 11.4. The van der Waals surface area contributed by atoms with Crippen molar-refractivity contribution >= 4 is 16.7 Å². The SMILES string of the molecule is CN(C)CCN1Cc2cccc3cccc(c23)C1=O. The van der Waals surface area contributed by atoms with Gasteiger partial charge in [0, 0.05) is 25.2 Å². The van der Waals surface area contributed by atoms with E-state index in [1.165, 1.54) is 5.56 Å². The second kappa shape index (κ2) is 4.67. The van der Waals surface area contributed by atoms with E-state index in [-0.39, 0.29) is 5.91 Å². The Morgan fingerprint density at radius 2 is 1.89 bits per heavy atom. The number of benzene rings is 2. The average molecular weight is 254 g/mol. The van der Waals surface area contributed by atoms with E-state index < -0.39 is 0 Å². The summed E-state index contributed by atoms with van der Waals surface area (Å²) in [5.74, 6) is 0.158. The molecule has 98 valence electrons. The Morgan fingerprint density at radius 3 is 2.63 bits per heavy atom. The highest BCUT2D eigenvalue weighted by Gasteiger charge is 2.24. The third-order valence-electron chi connectivity index (χ3n) is 3.69. The van der Waals surface area contributed by atoms with Crippen LogP contribution in [0.4, 0.5) is 0 Å². The molecule has 3 rings (SSSR count). The van der Waals surface area contributed by atoms with Crippen molar-refractivity contribution in [3.05, 3.63) is 47.5 Å². The fourth-order valence-electron chi connectivity index (χ4n) is 2.68. The van der Waals surface area contributed by atoms with Crippen LogP contribution >= 0.6 is 0 Å². The van der Waals surface area contributed by atoms with E-state index in [2.05, 4.69) is 29.2 Å². The minimum Gasteiger partial charge on any atom is -0.333 e. The topological polar surface area (TPSA) is 23.6 Å². The summed E-state index contributed by atoms with van der Waals surface area (Å²) in [6.45, 7) is 2.39. The van der Waals surface area contributed by atoms with Crippen LogP contribution in [0.5, 0.6) is 0 Å². The molecule has 1 amide bonds. The summed E-state index contributed by atoms with van der Waals surface area (Å²) in [5, 5.41) is 2.30. The second-order valence-corrected chi connectivity index (χ2v) is 5.35. The van der Waals surface area contributed by atoms with Crippen LogP contribution in [0.25, 0.3) is 10.8 Å². The van der Waals surface area contributed by atoms with Crippen molar-refractivity contribution in [2.45, 2.75) is 6.54 Å².